The standard InChI is InChI=1S/C11H13F2NO4S/c1-6(2)10(11(15)16)14-19(17,18)7-3-4-8(12)9(13)5-7/h3-6,10,14H,1-2H3,(H,15,16)/t10-/m0/s1. The molecule has 106 valence electrons. The minimum Gasteiger partial charge on any atom is -0.480 e. The zero-order valence-corrected chi connectivity index (χ0v) is 11.0. The molecule has 0 aliphatic heterocycles. The van der Waals surface area contributed by atoms with E-state index in [9.17, 15) is 22.0 Å². The van der Waals surface area contributed by atoms with Crippen molar-refractivity contribution in [3.05, 3.63) is 29.8 Å². The second-order valence-corrected chi connectivity index (χ2v) is 5.97. The van der Waals surface area contributed by atoms with Gasteiger partial charge in [-0.1, -0.05) is 13.8 Å². The molecule has 0 saturated heterocycles. The van der Waals surface area contributed by atoms with Crippen molar-refractivity contribution in [2.24, 2.45) is 5.92 Å². The van der Waals surface area contributed by atoms with Gasteiger partial charge in [-0.25, -0.2) is 17.2 Å². The molecule has 1 aromatic rings. The number of hydrogen-bond donors (Lipinski definition) is 2. The summed E-state index contributed by atoms with van der Waals surface area (Å²) in [5.74, 6) is -4.35. The van der Waals surface area contributed by atoms with Gasteiger partial charge in [0.2, 0.25) is 10.0 Å². The predicted molar refractivity (Wildman–Crippen MR) is 62.9 cm³/mol. The van der Waals surface area contributed by atoms with Crippen LogP contribution in [0.4, 0.5) is 8.78 Å². The van der Waals surface area contributed by atoms with Crippen LogP contribution in [0.25, 0.3) is 0 Å². The molecule has 0 aliphatic rings. The highest BCUT2D eigenvalue weighted by molar-refractivity contribution is 7.89. The maximum absolute atomic E-state index is 13.0. The molecule has 0 fully saturated rings. The Hall–Kier alpha value is -1.54. The van der Waals surface area contributed by atoms with Crippen LogP contribution in [-0.4, -0.2) is 25.5 Å². The van der Waals surface area contributed by atoms with Crippen LogP contribution in [0.1, 0.15) is 13.8 Å². The molecule has 0 amide bonds. The first-order valence-corrected chi connectivity index (χ1v) is 6.83. The Balaban J connectivity index is 3.10. The first-order chi connectivity index (χ1) is 8.65. The van der Waals surface area contributed by atoms with Crippen LogP contribution < -0.4 is 4.72 Å². The number of benzene rings is 1. The highest BCUT2D eigenvalue weighted by atomic mass is 32.2. The average molecular weight is 293 g/mol. The van der Waals surface area contributed by atoms with E-state index in [2.05, 4.69) is 0 Å². The Morgan fingerprint density at radius 3 is 2.26 bits per heavy atom. The first kappa shape index (κ1) is 15.5. The zero-order chi connectivity index (χ0) is 14.8. The summed E-state index contributed by atoms with van der Waals surface area (Å²) >= 11 is 0. The fraction of sp³-hybridized carbons (Fsp3) is 0.364. The maximum atomic E-state index is 13.0. The van der Waals surface area contributed by atoms with Crippen LogP contribution in [0, 0.1) is 17.6 Å². The minimum atomic E-state index is -4.23. The molecule has 5 nitrogen and oxygen atoms in total. The molecule has 8 heteroatoms. The quantitative estimate of drug-likeness (QED) is 0.858. The molecule has 19 heavy (non-hydrogen) atoms. The maximum Gasteiger partial charge on any atom is 0.322 e. The monoisotopic (exact) mass is 293 g/mol. The molecular weight excluding hydrogens is 280 g/mol. The molecule has 0 heterocycles. The molecule has 0 spiro atoms. The van der Waals surface area contributed by atoms with Crippen molar-refractivity contribution >= 4 is 16.0 Å². The van der Waals surface area contributed by atoms with E-state index < -0.39 is 44.5 Å². The van der Waals surface area contributed by atoms with E-state index in [0.717, 1.165) is 6.07 Å². The summed E-state index contributed by atoms with van der Waals surface area (Å²) in [6.45, 7) is 3.04. The normalized spacial score (nSPS) is 13.5. The number of carbonyl (C=O) groups is 1. The van der Waals surface area contributed by atoms with Crippen LogP contribution in [0.5, 0.6) is 0 Å². The molecule has 1 rings (SSSR count). The van der Waals surface area contributed by atoms with Crippen molar-refractivity contribution in [2.45, 2.75) is 24.8 Å². The summed E-state index contributed by atoms with van der Waals surface area (Å²) in [6.07, 6.45) is 0. The van der Waals surface area contributed by atoms with Crippen LogP contribution in [0.2, 0.25) is 0 Å². The van der Waals surface area contributed by atoms with Gasteiger partial charge in [0, 0.05) is 0 Å². The number of aliphatic carboxylic acids is 1. The van der Waals surface area contributed by atoms with E-state index in [1.54, 1.807) is 0 Å². The molecule has 1 aromatic carbocycles. The molecule has 0 radical (unpaired) electrons. The molecule has 0 aliphatic carbocycles. The lowest BCUT2D eigenvalue weighted by Gasteiger charge is -2.17. The van der Waals surface area contributed by atoms with Crippen LogP contribution in [0.15, 0.2) is 23.1 Å². The van der Waals surface area contributed by atoms with Gasteiger partial charge in [0.15, 0.2) is 11.6 Å². The van der Waals surface area contributed by atoms with E-state index >= 15 is 0 Å². The lowest BCUT2D eigenvalue weighted by atomic mass is 10.1. The summed E-state index contributed by atoms with van der Waals surface area (Å²) in [4.78, 5) is 10.4. The van der Waals surface area contributed by atoms with E-state index in [-0.39, 0.29) is 0 Å². The SMILES string of the molecule is CC(C)[C@H](NS(=O)(=O)c1ccc(F)c(F)c1)C(=O)O. The van der Waals surface area contributed by atoms with Gasteiger partial charge in [-0.15, -0.1) is 0 Å². The Kier molecular flexibility index (Phi) is 4.59. The summed E-state index contributed by atoms with van der Waals surface area (Å²) in [5, 5.41) is 8.89. The molecular formula is C11H13F2NO4S. The summed E-state index contributed by atoms with van der Waals surface area (Å²) < 4.78 is 51.3. The molecule has 2 N–H and O–H groups in total. The van der Waals surface area contributed by atoms with Crippen LogP contribution >= 0.6 is 0 Å². The van der Waals surface area contributed by atoms with Gasteiger partial charge in [0.05, 0.1) is 4.90 Å². The highest BCUT2D eigenvalue weighted by Crippen LogP contribution is 2.15. The minimum absolute atomic E-state index is 0.497. The second-order valence-electron chi connectivity index (χ2n) is 4.26. The smallest absolute Gasteiger partial charge is 0.322 e. The third-order valence-corrected chi connectivity index (χ3v) is 3.85. The zero-order valence-electron chi connectivity index (χ0n) is 10.2. The lowest BCUT2D eigenvalue weighted by Crippen LogP contribution is -2.44. The summed E-state index contributed by atoms with van der Waals surface area (Å²) in [6, 6.07) is 0.671. The Morgan fingerprint density at radius 1 is 1.26 bits per heavy atom. The Bertz CT molecular complexity index is 586. The third kappa shape index (κ3) is 3.71. The third-order valence-electron chi connectivity index (χ3n) is 2.42. The fourth-order valence-corrected chi connectivity index (χ4v) is 2.70. The summed E-state index contributed by atoms with van der Waals surface area (Å²) in [5.41, 5.74) is 0. The number of hydrogen-bond acceptors (Lipinski definition) is 3. The number of halogens is 2. The van der Waals surface area contributed by atoms with E-state index in [1.165, 1.54) is 13.8 Å². The number of rotatable bonds is 5. The molecule has 0 aromatic heterocycles. The average Bonchev–Trinajstić information content (AvgIpc) is 2.28. The first-order valence-electron chi connectivity index (χ1n) is 5.35. The van der Waals surface area contributed by atoms with Crippen molar-refractivity contribution in [3.63, 3.8) is 0 Å². The van der Waals surface area contributed by atoms with Crippen molar-refractivity contribution in [2.75, 3.05) is 0 Å². The van der Waals surface area contributed by atoms with Crippen LogP contribution in [0.3, 0.4) is 0 Å². The van der Waals surface area contributed by atoms with Gasteiger partial charge in [-0.3, -0.25) is 4.79 Å². The largest absolute Gasteiger partial charge is 0.480 e. The second kappa shape index (κ2) is 5.62. The van der Waals surface area contributed by atoms with Crippen molar-refractivity contribution < 1.29 is 27.1 Å². The summed E-state index contributed by atoms with van der Waals surface area (Å²) in [7, 11) is -4.23. The Morgan fingerprint density at radius 2 is 1.84 bits per heavy atom. The molecule has 0 unspecified atom stereocenters. The van der Waals surface area contributed by atoms with Crippen molar-refractivity contribution in [1.82, 2.24) is 4.72 Å². The predicted octanol–water partition coefficient (Wildman–Crippen LogP) is 1.35. The van der Waals surface area contributed by atoms with Gasteiger partial charge in [-0.2, -0.15) is 4.72 Å². The number of carboxylic acids is 1. The van der Waals surface area contributed by atoms with Crippen molar-refractivity contribution in [3.8, 4) is 0 Å². The molecule has 1 atom stereocenters. The highest BCUT2D eigenvalue weighted by Gasteiger charge is 2.28. The van der Waals surface area contributed by atoms with Crippen molar-refractivity contribution in [1.29, 1.82) is 0 Å². The van der Waals surface area contributed by atoms with E-state index in [1.807, 2.05) is 4.72 Å². The number of sulfonamides is 1. The van der Waals surface area contributed by atoms with E-state index in [0.29, 0.717) is 12.1 Å². The van der Waals surface area contributed by atoms with Gasteiger partial charge in [-0.05, 0) is 24.1 Å². The lowest BCUT2D eigenvalue weighted by molar-refractivity contribution is -0.140. The topological polar surface area (TPSA) is 83.5 Å². The fourth-order valence-electron chi connectivity index (χ4n) is 1.35. The number of nitrogens with one attached hydrogen (secondary N) is 1. The van der Waals surface area contributed by atoms with Gasteiger partial charge < -0.3 is 5.11 Å². The van der Waals surface area contributed by atoms with Gasteiger partial charge >= 0.3 is 5.97 Å². The van der Waals surface area contributed by atoms with Gasteiger partial charge in [0.25, 0.3) is 0 Å². The molecule has 0 bridgehead atoms. The van der Waals surface area contributed by atoms with Crippen LogP contribution in [-0.2, 0) is 14.8 Å². The van der Waals surface area contributed by atoms with Gasteiger partial charge in [0.1, 0.15) is 6.04 Å². The number of carboxylic acid groups (broad SMARTS) is 1. The van der Waals surface area contributed by atoms with E-state index in [4.69, 9.17) is 5.11 Å². The molecule has 0 saturated carbocycles. The Labute approximate surface area is 109 Å².